The standard InChI is InChI=1S/C20H12F3NO2S2/c1-27-15-5-3-2-4-13(15)11-6-8-12(9-7-11)16-14(10-24)18(20(21,22)23)28-17(16)19(25)26/h2-9H,1H3,(H,25,26). The van der Waals surface area contributed by atoms with Gasteiger partial charge in [0.15, 0.2) is 0 Å². The van der Waals surface area contributed by atoms with E-state index in [1.165, 1.54) is 6.07 Å². The quantitative estimate of drug-likeness (QED) is 0.498. The average Bonchev–Trinajstić information content (AvgIpc) is 3.08. The van der Waals surface area contributed by atoms with Gasteiger partial charge in [-0.2, -0.15) is 18.4 Å². The SMILES string of the molecule is CSc1ccccc1-c1ccc(-c2c(C(=O)O)sc(C(F)(F)F)c2C#N)cc1. The van der Waals surface area contributed by atoms with Gasteiger partial charge in [-0.1, -0.05) is 42.5 Å². The Bertz CT molecular complexity index is 1080. The number of aromatic carboxylic acids is 1. The summed E-state index contributed by atoms with van der Waals surface area (Å²) >= 11 is 1.64. The molecule has 3 nitrogen and oxygen atoms in total. The molecule has 8 heteroatoms. The van der Waals surface area contributed by atoms with Crippen molar-refractivity contribution in [3.8, 4) is 28.3 Å². The number of benzene rings is 2. The molecule has 0 aliphatic rings. The molecule has 1 N–H and O–H groups in total. The van der Waals surface area contributed by atoms with Crippen LogP contribution in [0.2, 0.25) is 0 Å². The summed E-state index contributed by atoms with van der Waals surface area (Å²) in [5.41, 5.74) is 1.20. The highest BCUT2D eigenvalue weighted by Crippen LogP contribution is 2.44. The fourth-order valence-electron chi connectivity index (χ4n) is 2.86. The molecular weight excluding hydrogens is 407 g/mol. The zero-order valence-electron chi connectivity index (χ0n) is 14.4. The summed E-state index contributed by atoms with van der Waals surface area (Å²) in [6, 6.07) is 15.7. The van der Waals surface area contributed by atoms with Crippen molar-refractivity contribution in [3.05, 3.63) is 63.8 Å². The van der Waals surface area contributed by atoms with E-state index in [2.05, 4.69) is 0 Å². The number of carboxylic acid groups (broad SMARTS) is 1. The Hall–Kier alpha value is -2.76. The van der Waals surface area contributed by atoms with Crippen LogP contribution in [0.4, 0.5) is 13.2 Å². The maximum atomic E-state index is 13.2. The Kier molecular flexibility index (Phi) is 5.49. The molecule has 0 aliphatic carbocycles. The predicted octanol–water partition coefficient (Wildman–Crippen LogP) is 6.39. The number of rotatable bonds is 4. The van der Waals surface area contributed by atoms with Crippen LogP contribution >= 0.6 is 23.1 Å². The number of nitrogens with zero attached hydrogens (tertiary/aromatic N) is 1. The third-order valence-corrected chi connectivity index (χ3v) is 6.08. The number of carboxylic acids is 1. The first kappa shape index (κ1) is 20.0. The molecule has 28 heavy (non-hydrogen) atoms. The first-order valence-corrected chi connectivity index (χ1v) is 9.93. The molecule has 3 aromatic rings. The number of hydrogen-bond donors (Lipinski definition) is 1. The van der Waals surface area contributed by atoms with Crippen molar-refractivity contribution in [1.29, 1.82) is 5.26 Å². The van der Waals surface area contributed by atoms with Gasteiger partial charge < -0.3 is 5.11 Å². The summed E-state index contributed by atoms with van der Waals surface area (Å²) in [6.07, 6.45) is -2.86. The van der Waals surface area contributed by atoms with Gasteiger partial charge in [0.2, 0.25) is 0 Å². The molecule has 0 amide bonds. The van der Waals surface area contributed by atoms with Crippen molar-refractivity contribution in [3.63, 3.8) is 0 Å². The molecule has 3 rings (SSSR count). The first-order chi connectivity index (χ1) is 13.3. The Balaban J connectivity index is 2.16. The van der Waals surface area contributed by atoms with Crippen LogP contribution in [-0.4, -0.2) is 17.3 Å². The van der Waals surface area contributed by atoms with Crippen LogP contribution in [0.3, 0.4) is 0 Å². The number of alkyl halides is 3. The van der Waals surface area contributed by atoms with E-state index in [0.29, 0.717) is 0 Å². The second-order valence-electron chi connectivity index (χ2n) is 5.70. The third-order valence-electron chi connectivity index (χ3n) is 4.06. The molecule has 0 saturated heterocycles. The summed E-state index contributed by atoms with van der Waals surface area (Å²) in [6.45, 7) is 0. The molecule has 0 aliphatic heterocycles. The monoisotopic (exact) mass is 419 g/mol. The van der Waals surface area contributed by atoms with E-state index < -0.39 is 27.5 Å². The van der Waals surface area contributed by atoms with Crippen molar-refractivity contribution >= 4 is 29.1 Å². The summed E-state index contributed by atoms with van der Waals surface area (Å²) in [7, 11) is 0. The van der Waals surface area contributed by atoms with Crippen molar-refractivity contribution in [2.24, 2.45) is 0 Å². The van der Waals surface area contributed by atoms with Gasteiger partial charge in [0.1, 0.15) is 15.8 Å². The highest BCUT2D eigenvalue weighted by Gasteiger charge is 2.39. The van der Waals surface area contributed by atoms with Gasteiger partial charge in [-0.25, -0.2) is 4.79 Å². The first-order valence-electron chi connectivity index (χ1n) is 7.89. The van der Waals surface area contributed by atoms with Crippen molar-refractivity contribution in [2.75, 3.05) is 6.26 Å². The Labute approximate surface area is 167 Å². The van der Waals surface area contributed by atoms with Gasteiger partial charge in [-0.05, 0) is 29.0 Å². The molecule has 0 spiro atoms. The number of thioether (sulfide) groups is 1. The zero-order valence-corrected chi connectivity index (χ0v) is 16.0. The minimum atomic E-state index is -4.80. The van der Waals surface area contributed by atoms with Crippen molar-refractivity contribution in [2.45, 2.75) is 11.1 Å². The minimum Gasteiger partial charge on any atom is -0.477 e. The molecule has 2 aromatic carbocycles. The fraction of sp³-hybridized carbons (Fsp3) is 0.100. The van der Waals surface area contributed by atoms with Crippen LogP contribution in [0.25, 0.3) is 22.3 Å². The minimum absolute atomic E-state index is 0.0769. The Morgan fingerprint density at radius 3 is 2.25 bits per heavy atom. The topological polar surface area (TPSA) is 61.1 Å². The third kappa shape index (κ3) is 3.63. The number of halogens is 3. The highest BCUT2D eigenvalue weighted by molar-refractivity contribution is 7.98. The van der Waals surface area contributed by atoms with Gasteiger partial charge >= 0.3 is 12.1 Å². The molecule has 142 valence electrons. The van der Waals surface area contributed by atoms with Gasteiger partial charge in [0.05, 0.1) is 5.56 Å². The Morgan fingerprint density at radius 1 is 1.11 bits per heavy atom. The predicted molar refractivity (Wildman–Crippen MR) is 104 cm³/mol. The fourth-order valence-corrected chi connectivity index (χ4v) is 4.46. The number of thiophene rings is 1. The summed E-state index contributed by atoms with van der Waals surface area (Å²) < 4.78 is 39.7. The van der Waals surface area contributed by atoms with Gasteiger partial charge in [-0.3, -0.25) is 0 Å². The van der Waals surface area contributed by atoms with E-state index >= 15 is 0 Å². The lowest BCUT2D eigenvalue weighted by Crippen LogP contribution is -2.04. The van der Waals surface area contributed by atoms with E-state index in [1.54, 1.807) is 36.0 Å². The highest BCUT2D eigenvalue weighted by atomic mass is 32.2. The van der Waals surface area contributed by atoms with E-state index in [0.717, 1.165) is 16.0 Å². The molecule has 0 bridgehead atoms. The van der Waals surface area contributed by atoms with E-state index in [1.807, 2.05) is 30.5 Å². The van der Waals surface area contributed by atoms with Crippen molar-refractivity contribution < 1.29 is 23.1 Å². The number of carbonyl (C=O) groups is 1. The van der Waals surface area contributed by atoms with Crippen LogP contribution in [-0.2, 0) is 6.18 Å². The number of hydrogen-bond acceptors (Lipinski definition) is 4. The lowest BCUT2D eigenvalue weighted by molar-refractivity contribution is -0.134. The van der Waals surface area contributed by atoms with Crippen LogP contribution in [0, 0.1) is 11.3 Å². The zero-order chi connectivity index (χ0) is 20.5. The van der Waals surface area contributed by atoms with Gasteiger partial charge in [0.25, 0.3) is 0 Å². The van der Waals surface area contributed by atoms with Crippen LogP contribution in [0.5, 0.6) is 0 Å². The van der Waals surface area contributed by atoms with Crippen LogP contribution in [0.1, 0.15) is 20.1 Å². The summed E-state index contributed by atoms with van der Waals surface area (Å²) in [4.78, 5) is 10.8. The molecule has 0 saturated carbocycles. The molecule has 0 fully saturated rings. The summed E-state index contributed by atoms with van der Waals surface area (Å²) in [5.74, 6) is -1.50. The Morgan fingerprint density at radius 2 is 1.71 bits per heavy atom. The molecule has 0 radical (unpaired) electrons. The molecular formula is C20H12F3NO2S2. The summed E-state index contributed by atoms with van der Waals surface area (Å²) in [5, 5.41) is 18.6. The second-order valence-corrected chi connectivity index (χ2v) is 7.57. The largest absolute Gasteiger partial charge is 0.477 e. The van der Waals surface area contributed by atoms with Crippen molar-refractivity contribution in [1.82, 2.24) is 0 Å². The normalized spacial score (nSPS) is 11.2. The van der Waals surface area contributed by atoms with Crippen LogP contribution < -0.4 is 0 Å². The lowest BCUT2D eigenvalue weighted by atomic mass is 9.97. The van der Waals surface area contributed by atoms with Gasteiger partial charge in [0, 0.05) is 10.5 Å². The van der Waals surface area contributed by atoms with E-state index in [-0.39, 0.29) is 22.5 Å². The smallest absolute Gasteiger partial charge is 0.426 e. The molecule has 1 aromatic heterocycles. The molecule has 0 atom stereocenters. The van der Waals surface area contributed by atoms with E-state index in [4.69, 9.17) is 0 Å². The van der Waals surface area contributed by atoms with E-state index in [9.17, 15) is 28.3 Å². The molecule has 0 unspecified atom stereocenters. The average molecular weight is 419 g/mol. The maximum Gasteiger partial charge on any atom is 0.426 e. The van der Waals surface area contributed by atoms with Gasteiger partial charge in [-0.15, -0.1) is 23.1 Å². The second kappa shape index (κ2) is 7.70. The van der Waals surface area contributed by atoms with Crippen LogP contribution in [0.15, 0.2) is 53.4 Å². The lowest BCUT2D eigenvalue weighted by Gasteiger charge is -2.09. The number of nitriles is 1. The maximum absolute atomic E-state index is 13.2. The molecule has 1 heterocycles.